The first-order valence-corrected chi connectivity index (χ1v) is 25.6. The van der Waals surface area contributed by atoms with Gasteiger partial charge in [0, 0.05) is 113 Å². The van der Waals surface area contributed by atoms with Crippen LogP contribution < -0.4 is 17.8 Å². The van der Waals surface area contributed by atoms with Crippen LogP contribution in [0.2, 0.25) is 0 Å². The maximum absolute atomic E-state index is 4.23. The second-order valence-electron chi connectivity index (χ2n) is 19.3. The average molecular weight is 1010 g/mol. The first-order chi connectivity index (χ1) is 37.7. The summed E-state index contributed by atoms with van der Waals surface area (Å²) in [5.41, 5.74) is 20.9. The minimum absolute atomic E-state index is 0.878. The molecule has 76 heavy (non-hydrogen) atoms. The molecule has 4 aliphatic rings. The lowest BCUT2D eigenvalue weighted by atomic mass is 10.1. The van der Waals surface area contributed by atoms with Gasteiger partial charge in [-0.25, -0.2) is 31.9 Å². The van der Waals surface area contributed by atoms with Gasteiger partial charge in [-0.2, -0.15) is 13.2 Å². The molecule has 16 aromatic heterocycles. The van der Waals surface area contributed by atoms with Crippen LogP contribution in [-0.4, -0.2) is 71.2 Å². The van der Waals surface area contributed by atoms with Crippen molar-refractivity contribution in [2.45, 2.75) is 26.2 Å². The Labute approximate surface area is 432 Å². The minimum Gasteiger partial charge on any atom is -0.274 e. The van der Waals surface area contributed by atoms with E-state index >= 15 is 0 Å². The van der Waals surface area contributed by atoms with Gasteiger partial charge in [0.25, 0.3) is 17.1 Å². The monoisotopic (exact) mass is 1010 g/mol. The SMILES string of the molecule is c1cc2c(cn1)C[n+]1cc3n(cc4cnccn43)c1-2.c1cc2c(cn1)Cn1c-2c[n+]2c3cnccc3sc12.c1cc2c(cn1)Cn1c-2c[n+]2cc3cnccn3c12.c1cc2c(cn1)Cn1c[n+]3cc4ccncn4c3c1-2. The minimum atomic E-state index is 0.878. The van der Waals surface area contributed by atoms with E-state index in [1.807, 2.05) is 129 Å². The highest BCUT2D eigenvalue weighted by Gasteiger charge is 2.34. The molecule has 0 spiro atoms. The molecule has 0 N–H and O–H groups in total. The molecular weight excluding hydrogens is 971 g/mol. The number of hydrogen-bond acceptors (Lipinski definition) is 9. The lowest BCUT2D eigenvalue weighted by Crippen LogP contribution is -2.29. The standard InChI is InChI=1S/3C14H10N5.C14H9N4S/c1-3-16-8-19-11(1)7-18-9-17-6-10-5-15-4-2-12(10)13(17)14(18)19;1-2-15-5-10-7-17-9-13-18-4-3-16-6-11(18)8-19(13)14(17)12(1)10;1-2-15-5-10-7-19-13(12(1)10)9-17-8-11-6-16-3-4-18(11)14(17)19;1-3-15-5-9-7-17-12(10(1)9)8-18-11-6-16-4-2-13(11)19-14(17)18/h1-5,7-9H,6H2;2*1-6,8-9H,7H2;1-6,8H,7H2/q4*+1. The van der Waals surface area contributed by atoms with Crippen molar-refractivity contribution in [3.63, 3.8) is 0 Å². The number of nitrogens with zero attached hydrogens (tertiary/aromatic N) is 19. The molecule has 0 aromatic carbocycles. The van der Waals surface area contributed by atoms with Crippen molar-refractivity contribution in [3.05, 3.63) is 214 Å². The molecule has 4 aliphatic heterocycles. The number of imidazole rings is 7. The summed E-state index contributed by atoms with van der Waals surface area (Å²) in [7, 11) is 0. The van der Waals surface area contributed by atoms with Crippen LogP contribution in [0, 0.1) is 0 Å². The number of hydrogen-bond donors (Lipinski definition) is 0. The first kappa shape index (κ1) is 41.2. The fourth-order valence-electron chi connectivity index (χ4n) is 11.8. The summed E-state index contributed by atoms with van der Waals surface area (Å²) >= 11 is 1.81. The largest absolute Gasteiger partial charge is 0.375 e. The summed E-state index contributed by atoms with van der Waals surface area (Å²) in [6.45, 7) is 3.58. The summed E-state index contributed by atoms with van der Waals surface area (Å²) in [6.07, 6.45) is 49.2. The molecule has 0 unspecified atom stereocenters. The van der Waals surface area contributed by atoms with E-state index in [-0.39, 0.29) is 0 Å². The number of pyridine rings is 5. The predicted octanol–water partition coefficient (Wildman–Crippen LogP) is 6.15. The van der Waals surface area contributed by atoms with E-state index < -0.39 is 0 Å². The van der Waals surface area contributed by atoms with Gasteiger partial charge in [-0.3, -0.25) is 43.9 Å². The quantitative estimate of drug-likeness (QED) is 0.164. The van der Waals surface area contributed by atoms with Crippen LogP contribution in [0.25, 0.3) is 94.0 Å². The first-order valence-electron chi connectivity index (χ1n) is 24.7. The van der Waals surface area contributed by atoms with Gasteiger partial charge in [-0.1, -0.05) is 0 Å². The van der Waals surface area contributed by atoms with E-state index in [0.717, 1.165) is 59.8 Å². The summed E-state index contributed by atoms with van der Waals surface area (Å²) in [5, 5.41) is 0. The molecule has 20 heteroatoms. The van der Waals surface area contributed by atoms with Crippen molar-refractivity contribution in [1.29, 1.82) is 0 Å². The number of rotatable bonds is 0. The lowest BCUT2D eigenvalue weighted by molar-refractivity contribution is -0.670. The van der Waals surface area contributed by atoms with Gasteiger partial charge in [-0.05, 0) is 47.7 Å². The summed E-state index contributed by atoms with van der Waals surface area (Å²) in [6, 6.07) is 12.4. The fraction of sp³-hybridized carbons (Fsp3) is 0.0714. The zero-order valence-corrected chi connectivity index (χ0v) is 40.9. The Hall–Kier alpha value is -10.3. The van der Waals surface area contributed by atoms with E-state index in [4.69, 9.17) is 0 Å². The zero-order chi connectivity index (χ0) is 49.6. The zero-order valence-electron chi connectivity index (χ0n) is 40.1. The fourth-order valence-corrected chi connectivity index (χ4v) is 12.9. The smallest absolute Gasteiger partial charge is 0.274 e. The molecule has 360 valence electrons. The molecule has 19 nitrogen and oxygen atoms in total. The topological polar surface area (TPSA) is 152 Å². The van der Waals surface area contributed by atoms with Crippen LogP contribution in [-0.2, 0) is 26.2 Å². The van der Waals surface area contributed by atoms with Gasteiger partial charge in [0.2, 0.25) is 0 Å². The van der Waals surface area contributed by atoms with E-state index in [1.54, 1.807) is 0 Å². The molecule has 0 atom stereocenters. The average Bonchev–Trinajstić information content (AvgIpc) is 4.36. The van der Waals surface area contributed by atoms with Crippen molar-refractivity contribution < 1.29 is 17.8 Å². The second kappa shape index (κ2) is 15.6. The van der Waals surface area contributed by atoms with Crippen LogP contribution in [0.1, 0.15) is 22.3 Å². The van der Waals surface area contributed by atoms with Crippen molar-refractivity contribution in [3.8, 4) is 45.2 Å². The molecular formula is C56H39N19S+4. The van der Waals surface area contributed by atoms with Crippen LogP contribution >= 0.6 is 11.3 Å². The second-order valence-corrected chi connectivity index (χ2v) is 20.3. The lowest BCUT2D eigenvalue weighted by Gasteiger charge is -1.93. The van der Waals surface area contributed by atoms with Crippen LogP contribution in [0.3, 0.4) is 0 Å². The normalized spacial score (nSPS) is 13.1. The Bertz CT molecular complexity index is 5020. The maximum atomic E-state index is 4.23. The molecule has 0 saturated heterocycles. The Morgan fingerprint density at radius 1 is 0.487 bits per heavy atom. The molecule has 20 rings (SSSR count). The van der Waals surface area contributed by atoms with Crippen molar-refractivity contribution in [2.24, 2.45) is 0 Å². The highest BCUT2D eigenvalue weighted by molar-refractivity contribution is 7.23. The van der Waals surface area contributed by atoms with Crippen molar-refractivity contribution in [1.82, 2.24) is 71.2 Å². The van der Waals surface area contributed by atoms with E-state index in [9.17, 15) is 0 Å². The third kappa shape index (κ3) is 5.91. The van der Waals surface area contributed by atoms with Crippen LogP contribution in [0.5, 0.6) is 0 Å². The van der Waals surface area contributed by atoms with Crippen LogP contribution in [0.15, 0.2) is 192 Å². The molecule has 20 heterocycles. The molecule has 0 saturated carbocycles. The number of fused-ring (bicyclic) bond motifs is 28. The highest BCUT2D eigenvalue weighted by atomic mass is 32.1. The third-order valence-corrected chi connectivity index (χ3v) is 16.3. The van der Waals surface area contributed by atoms with E-state index in [0.29, 0.717) is 0 Å². The Morgan fingerprint density at radius 3 is 1.97 bits per heavy atom. The maximum Gasteiger partial charge on any atom is 0.375 e. The molecule has 0 radical (unpaired) electrons. The van der Waals surface area contributed by atoms with Crippen LogP contribution in [0.4, 0.5) is 0 Å². The van der Waals surface area contributed by atoms with Crippen molar-refractivity contribution in [2.75, 3.05) is 0 Å². The summed E-state index contributed by atoms with van der Waals surface area (Å²) in [5.74, 6) is 2.37. The Balaban J connectivity index is 0.0000000825. The molecule has 0 aliphatic carbocycles. The summed E-state index contributed by atoms with van der Waals surface area (Å²) < 4.78 is 25.7. The number of aromatic nitrogens is 19. The van der Waals surface area contributed by atoms with Gasteiger partial charge in [0.15, 0.2) is 41.3 Å². The molecule has 0 amide bonds. The van der Waals surface area contributed by atoms with Gasteiger partial charge in [0.1, 0.15) is 60.8 Å². The molecule has 0 bridgehead atoms. The third-order valence-electron chi connectivity index (χ3n) is 15.1. The molecule has 16 aromatic rings. The Kier molecular flexibility index (Phi) is 8.44. The van der Waals surface area contributed by atoms with E-state index in [1.165, 1.54) is 82.6 Å². The highest BCUT2D eigenvalue weighted by Crippen LogP contribution is 2.37. The predicted molar refractivity (Wildman–Crippen MR) is 279 cm³/mol. The van der Waals surface area contributed by atoms with E-state index in [2.05, 4.69) is 163 Å². The van der Waals surface area contributed by atoms with Gasteiger partial charge in [-0.15, -0.1) is 0 Å². The van der Waals surface area contributed by atoms with Gasteiger partial charge >= 0.3 is 10.7 Å². The van der Waals surface area contributed by atoms with Gasteiger partial charge < -0.3 is 0 Å². The van der Waals surface area contributed by atoms with Gasteiger partial charge in [0.05, 0.1) is 54.3 Å². The number of thiazole rings is 1. The van der Waals surface area contributed by atoms with Crippen molar-refractivity contribution >= 4 is 60.1 Å². The molecule has 0 fully saturated rings. The Morgan fingerprint density at radius 2 is 1.14 bits per heavy atom. The summed E-state index contributed by atoms with van der Waals surface area (Å²) in [4.78, 5) is 34.9.